The number of hydrogen-bond donors (Lipinski definition) is 0. The summed E-state index contributed by atoms with van der Waals surface area (Å²) in [5.41, 5.74) is 1.23. The van der Waals surface area contributed by atoms with Crippen LogP contribution in [0.4, 0.5) is 4.79 Å². The quantitative estimate of drug-likeness (QED) is 0.818. The van der Waals surface area contributed by atoms with Crippen LogP contribution in [0.1, 0.15) is 18.4 Å². The monoisotopic (exact) mass is 371 g/mol. The van der Waals surface area contributed by atoms with Gasteiger partial charge in [-0.3, -0.25) is 4.90 Å². The number of nitrogens with zero attached hydrogens (tertiary/aromatic N) is 3. The molecule has 0 bridgehead atoms. The lowest BCUT2D eigenvalue weighted by Crippen LogP contribution is -2.55. The van der Waals surface area contributed by atoms with E-state index in [1.807, 2.05) is 15.9 Å². The first-order valence-corrected chi connectivity index (χ1v) is 10.00. The van der Waals surface area contributed by atoms with Crippen LogP contribution in [-0.2, 0) is 9.47 Å². The van der Waals surface area contributed by atoms with Gasteiger partial charge in [0.15, 0.2) is 5.79 Å². The number of carbonyl (C=O) groups is 1. The summed E-state index contributed by atoms with van der Waals surface area (Å²) >= 11 is 0. The topological polar surface area (TPSA) is 45.3 Å². The SMILES string of the molecule is O=C(N1CCN(C/C=C/c2ccccc2)CC1)N1CCC2(CC1)OCCO2. The first-order valence-electron chi connectivity index (χ1n) is 10.00. The molecule has 0 unspecified atom stereocenters. The highest BCUT2D eigenvalue weighted by molar-refractivity contribution is 5.74. The molecule has 1 spiro atoms. The van der Waals surface area contributed by atoms with Gasteiger partial charge in [0.1, 0.15) is 0 Å². The summed E-state index contributed by atoms with van der Waals surface area (Å²) in [6.45, 7) is 7.17. The van der Waals surface area contributed by atoms with Crippen LogP contribution in [0, 0.1) is 0 Å². The summed E-state index contributed by atoms with van der Waals surface area (Å²) in [5.74, 6) is -0.416. The molecule has 1 aromatic carbocycles. The van der Waals surface area contributed by atoms with Crippen molar-refractivity contribution in [2.24, 2.45) is 0 Å². The lowest BCUT2D eigenvalue weighted by molar-refractivity contribution is -0.182. The van der Waals surface area contributed by atoms with Crippen LogP contribution in [0.2, 0.25) is 0 Å². The van der Waals surface area contributed by atoms with E-state index in [0.717, 1.165) is 58.7 Å². The molecule has 3 saturated heterocycles. The average molecular weight is 371 g/mol. The van der Waals surface area contributed by atoms with Crippen molar-refractivity contribution in [2.45, 2.75) is 18.6 Å². The maximum absolute atomic E-state index is 12.8. The van der Waals surface area contributed by atoms with Gasteiger partial charge in [-0.25, -0.2) is 4.79 Å². The fourth-order valence-corrected chi connectivity index (χ4v) is 4.05. The molecule has 3 heterocycles. The fraction of sp³-hybridized carbons (Fsp3) is 0.571. The van der Waals surface area contributed by atoms with Crippen LogP contribution in [0.15, 0.2) is 36.4 Å². The Bertz CT molecular complexity index is 640. The lowest BCUT2D eigenvalue weighted by Gasteiger charge is -2.41. The fourth-order valence-electron chi connectivity index (χ4n) is 4.05. The van der Waals surface area contributed by atoms with Gasteiger partial charge >= 0.3 is 6.03 Å². The number of rotatable bonds is 3. The molecule has 0 atom stereocenters. The number of amides is 2. The van der Waals surface area contributed by atoms with Crippen LogP contribution in [-0.4, -0.2) is 85.5 Å². The number of hydrogen-bond acceptors (Lipinski definition) is 4. The Morgan fingerprint density at radius 1 is 0.926 bits per heavy atom. The second kappa shape index (κ2) is 8.42. The number of piperazine rings is 1. The molecular weight excluding hydrogens is 342 g/mol. The summed E-state index contributed by atoms with van der Waals surface area (Å²) in [6, 6.07) is 10.5. The molecule has 6 nitrogen and oxygen atoms in total. The largest absolute Gasteiger partial charge is 0.347 e. The van der Waals surface area contributed by atoms with Crippen molar-refractivity contribution < 1.29 is 14.3 Å². The first-order chi connectivity index (χ1) is 13.2. The van der Waals surface area contributed by atoms with Crippen molar-refractivity contribution in [3.63, 3.8) is 0 Å². The minimum atomic E-state index is -0.416. The Labute approximate surface area is 161 Å². The first kappa shape index (κ1) is 18.5. The van der Waals surface area contributed by atoms with E-state index in [1.54, 1.807) is 0 Å². The highest BCUT2D eigenvalue weighted by atomic mass is 16.7. The van der Waals surface area contributed by atoms with Gasteiger partial charge in [0.2, 0.25) is 0 Å². The predicted molar refractivity (Wildman–Crippen MR) is 104 cm³/mol. The van der Waals surface area contributed by atoms with Crippen molar-refractivity contribution in [2.75, 3.05) is 59.0 Å². The van der Waals surface area contributed by atoms with Crippen LogP contribution < -0.4 is 0 Å². The van der Waals surface area contributed by atoms with E-state index in [-0.39, 0.29) is 6.03 Å². The molecule has 0 aliphatic carbocycles. The summed E-state index contributed by atoms with van der Waals surface area (Å²) < 4.78 is 11.5. The van der Waals surface area contributed by atoms with E-state index in [0.29, 0.717) is 13.2 Å². The van der Waals surface area contributed by atoms with Crippen molar-refractivity contribution >= 4 is 12.1 Å². The van der Waals surface area contributed by atoms with Gasteiger partial charge in [-0.05, 0) is 5.56 Å². The predicted octanol–water partition coefficient (Wildman–Crippen LogP) is 2.28. The third-order valence-corrected chi connectivity index (χ3v) is 5.73. The van der Waals surface area contributed by atoms with E-state index in [4.69, 9.17) is 9.47 Å². The summed E-state index contributed by atoms with van der Waals surface area (Å²) in [5, 5.41) is 0. The molecule has 0 saturated carbocycles. The zero-order valence-corrected chi connectivity index (χ0v) is 15.9. The number of benzene rings is 1. The second-order valence-corrected chi connectivity index (χ2v) is 7.48. The molecule has 6 heteroatoms. The third-order valence-electron chi connectivity index (χ3n) is 5.73. The smallest absolute Gasteiger partial charge is 0.320 e. The minimum Gasteiger partial charge on any atom is -0.347 e. The lowest BCUT2D eigenvalue weighted by atomic mass is 10.0. The van der Waals surface area contributed by atoms with Crippen LogP contribution in [0.3, 0.4) is 0 Å². The molecule has 3 aliphatic heterocycles. The highest BCUT2D eigenvalue weighted by Gasteiger charge is 2.41. The van der Waals surface area contributed by atoms with Gasteiger partial charge in [0.05, 0.1) is 13.2 Å². The summed E-state index contributed by atoms with van der Waals surface area (Å²) in [4.78, 5) is 19.1. The molecule has 3 aliphatic rings. The molecule has 27 heavy (non-hydrogen) atoms. The van der Waals surface area contributed by atoms with Crippen LogP contribution in [0.25, 0.3) is 6.08 Å². The molecule has 0 N–H and O–H groups in total. The van der Waals surface area contributed by atoms with E-state index >= 15 is 0 Å². The molecule has 3 fully saturated rings. The third kappa shape index (κ3) is 4.51. The Morgan fingerprint density at radius 2 is 1.56 bits per heavy atom. The second-order valence-electron chi connectivity index (χ2n) is 7.48. The molecular formula is C21H29N3O3. The van der Waals surface area contributed by atoms with Crippen molar-refractivity contribution in [1.29, 1.82) is 0 Å². The summed E-state index contributed by atoms with van der Waals surface area (Å²) in [7, 11) is 0. The molecule has 4 rings (SSSR count). The van der Waals surface area contributed by atoms with E-state index in [1.165, 1.54) is 5.56 Å². The van der Waals surface area contributed by atoms with E-state index in [9.17, 15) is 4.79 Å². The number of urea groups is 1. The Balaban J connectivity index is 1.20. The Morgan fingerprint density at radius 3 is 2.22 bits per heavy atom. The normalized spacial score (nSPS) is 23.4. The standard InChI is InChI=1S/C21H29N3O3/c25-20(23-11-8-21(9-12-23)26-17-18-27-21)24-15-13-22(14-16-24)10-4-7-19-5-2-1-3-6-19/h1-7H,8-18H2/b7-4+. The van der Waals surface area contributed by atoms with Gasteiger partial charge in [0.25, 0.3) is 0 Å². The van der Waals surface area contributed by atoms with Gasteiger partial charge in [0, 0.05) is 58.7 Å². The minimum absolute atomic E-state index is 0.169. The van der Waals surface area contributed by atoms with Crippen molar-refractivity contribution in [3.05, 3.63) is 42.0 Å². The maximum Gasteiger partial charge on any atom is 0.320 e. The van der Waals surface area contributed by atoms with Gasteiger partial charge < -0.3 is 19.3 Å². The molecule has 0 aromatic heterocycles. The number of likely N-dealkylation sites (tertiary alicyclic amines) is 1. The molecule has 0 radical (unpaired) electrons. The van der Waals surface area contributed by atoms with Crippen LogP contribution >= 0.6 is 0 Å². The van der Waals surface area contributed by atoms with Gasteiger partial charge in [-0.1, -0.05) is 42.5 Å². The number of carbonyl (C=O) groups excluding carboxylic acids is 1. The number of ether oxygens (including phenoxy) is 2. The molecule has 146 valence electrons. The Kier molecular flexibility index (Phi) is 5.76. The van der Waals surface area contributed by atoms with Crippen molar-refractivity contribution in [1.82, 2.24) is 14.7 Å². The van der Waals surface area contributed by atoms with Crippen LogP contribution in [0.5, 0.6) is 0 Å². The molecule has 2 amide bonds. The zero-order chi connectivity index (χ0) is 18.5. The van der Waals surface area contributed by atoms with E-state index in [2.05, 4.69) is 41.3 Å². The molecule has 1 aromatic rings. The van der Waals surface area contributed by atoms with E-state index < -0.39 is 5.79 Å². The van der Waals surface area contributed by atoms with Gasteiger partial charge in [-0.15, -0.1) is 0 Å². The van der Waals surface area contributed by atoms with Crippen molar-refractivity contribution in [3.8, 4) is 0 Å². The summed E-state index contributed by atoms with van der Waals surface area (Å²) in [6.07, 6.45) is 5.93. The van der Waals surface area contributed by atoms with Gasteiger partial charge in [-0.2, -0.15) is 0 Å². The maximum atomic E-state index is 12.8. The number of piperidine rings is 1. The highest BCUT2D eigenvalue weighted by Crippen LogP contribution is 2.31. The zero-order valence-electron chi connectivity index (χ0n) is 15.9. The average Bonchev–Trinajstić information content (AvgIpc) is 3.17. The Hall–Kier alpha value is -1.89.